The summed E-state index contributed by atoms with van der Waals surface area (Å²) in [6.45, 7) is 2.01. The van der Waals surface area contributed by atoms with Crippen molar-refractivity contribution in [1.82, 2.24) is 0 Å². The van der Waals surface area contributed by atoms with E-state index in [1.165, 1.54) is 0 Å². The minimum absolute atomic E-state index is 0.164. The maximum absolute atomic E-state index is 11.1. The van der Waals surface area contributed by atoms with Crippen molar-refractivity contribution in [3.05, 3.63) is 11.8 Å². The van der Waals surface area contributed by atoms with E-state index in [0.717, 1.165) is 12.0 Å². The number of nitrogens with two attached hydrogens (primary N) is 1. The molecule has 0 aromatic heterocycles. The number of Topliss-reactive ketones (excluding diaryl/α,β-unsaturated/α-hetero) is 1. The van der Waals surface area contributed by atoms with Gasteiger partial charge in [-0.05, 0) is 12.0 Å². The third kappa shape index (κ3) is 2.18. The summed E-state index contributed by atoms with van der Waals surface area (Å²) in [6.07, 6.45) is 3.41. The van der Waals surface area contributed by atoms with Gasteiger partial charge in [0.2, 0.25) is 0 Å². The number of ketones is 1. The van der Waals surface area contributed by atoms with Crippen LogP contribution in [0.4, 0.5) is 0 Å². The molecule has 60 valence electrons. The second-order valence-corrected chi connectivity index (χ2v) is 2.65. The molecular formula is C8H12N2O. The van der Waals surface area contributed by atoms with E-state index in [2.05, 4.69) is 4.99 Å². The van der Waals surface area contributed by atoms with E-state index in [9.17, 15) is 4.79 Å². The quantitative estimate of drug-likeness (QED) is 0.609. The SMILES string of the molecule is CCC1=CN=C(N)CC(=O)C1. The van der Waals surface area contributed by atoms with E-state index < -0.39 is 0 Å². The zero-order chi connectivity index (χ0) is 8.27. The third-order valence-electron chi connectivity index (χ3n) is 1.67. The Hall–Kier alpha value is -1.12. The lowest BCUT2D eigenvalue weighted by molar-refractivity contribution is -0.117. The van der Waals surface area contributed by atoms with Crippen LogP contribution in [0.5, 0.6) is 0 Å². The molecule has 0 saturated heterocycles. The lowest BCUT2D eigenvalue weighted by Gasteiger charge is -1.96. The highest BCUT2D eigenvalue weighted by atomic mass is 16.1. The average molecular weight is 152 g/mol. The Labute approximate surface area is 66.0 Å². The van der Waals surface area contributed by atoms with Crippen molar-refractivity contribution in [3.8, 4) is 0 Å². The molecule has 0 fully saturated rings. The van der Waals surface area contributed by atoms with Crippen LogP contribution in [-0.4, -0.2) is 11.6 Å². The van der Waals surface area contributed by atoms with Gasteiger partial charge in [-0.25, -0.2) is 4.99 Å². The monoisotopic (exact) mass is 152 g/mol. The molecule has 0 radical (unpaired) electrons. The first-order valence-electron chi connectivity index (χ1n) is 3.74. The average Bonchev–Trinajstić information content (AvgIpc) is 2.11. The van der Waals surface area contributed by atoms with Gasteiger partial charge in [-0.1, -0.05) is 6.92 Å². The number of hydrogen-bond acceptors (Lipinski definition) is 3. The highest BCUT2D eigenvalue weighted by molar-refractivity contribution is 6.01. The second kappa shape index (κ2) is 3.32. The molecule has 0 aromatic carbocycles. The Morgan fingerprint density at radius 1 is 1.64 bits per heavy atom. The Bertz CT molecular complexity index is 228. The number of carbonyl (C=O) groups is 1. The number of nitrogens with zero attached hydrogens (tertiary/aromatic N) is 1. The first kappa shape index (κ1) is 7.98. The molecule has 1 aliphatic heterocycles. The molecule has 0 amide bonds. The Balaban J connectivity index is 2.77. The fourth-order valence-electron chi connectivity index (χ4n) is 1.000. The van der Waals surface area contributed by atoms with E-state index in [1.807, 2.05) is 6.92 Å². The van der Waals surface area contributed by atoms with Crippen LogP contribution in [0.3, 0.4) is 0 Å². The highest BCUT2D eigenvalue weighted by Gasteiger charge is 2.09. The summed E-state index contributed by atoms with van der Waals surface area (Å²) in [4.78, 5) is 15.0. The summed E-state index contributed by atoms with van der Waals surface area (Å²) in [5, 5.41) is 0. The van der Waals surface area contributed by atoms with E-state index in [-0.39, 0.29) is 5.78 Å². The number of aliphatic imine (C=N–C) groups is 1. The predicted molar refractivity (Wildman–Crippen MR) is 44.2 cm³/mol. The summed E-state index contributed by atoms with van der Waals surface area (Å²) in [5.74, 6) is 0.593. The van der Waals surface area contributed by atoms with Gasteiger partial charge in [0.25, 0.3) is 0 Å². The zero-order valence-electron chi connectivity index (χ0n) is 6.63. The molecule has 0 aliphatic carbocycles. The standard InChI is InChI=1S/C8H12N2O/c1-2-6-3-7(11)4-8(9)10-5-6/h5H,2-4H2,1H3,(H2,9,10). The van der Waals surface area contributed by atoms with Gasteiger partial charge < -0.3 is 5.73 Å². The predicted octanol–water partition coefficient (Wildman–Crippen LogP) is 1.00. The van der Waals surface area contributed by atoms with Crippen LogP contribution in [0.25, 0.3) is 0 Å². The normalized spacial score (nSPS) is 18.8. The van der Waals surface area contributed by atoms with Crippen molar-refractivity contribution in [1.29, 1.82) is 0 Å². The highest BCUT2D eigenvalue weighted by Crippen LogP contribution is 2.11. The van der Waals surface area contributed by atoms with Gasteiger partial charge >= 0.3 is 0 Å². The molecule has 2 N–H and O–H groups in total. The fraction of sp³-hybridized carbons (Fsp3) is 0.500. The number of hydrogen-bond donors (Lipinski definition) is 1. The molecule has 1 aliphatic rings. The summed E-state index contributed by atoms with van der Waals surface area (Å²) >= 11 is 0. The van der Waals surface area contributed by atoms with Crippen LogP contribution in [0.2, 0.25) is 0 Å². The topological polar surface area (TPSA) is 55.4 Å². The van der Waals surface area contributed by atoms with Gasteiger partial charge in [0.1, 0.15) is 11.6 Å². The summed E-state index contributed by atoms with van der Waals surface area (Å²) in [6, 6.07) is 0. The van der Waals surface area contributed by atoms with Crippen molar-refractivity contribution < 1.29 is 4.79 Å². The van der Waals surface area contributed by atoms with Gasteiger partial charge in [-0.15, -0.1) is 0 Å². The van der Waals surface area contributed by atoms with Crippen molar-refractivity contribution >= 4 is 11.6 Å². The molecule has 11 heavy (non-hydrogen) atoms. The molecule has 0 atom stereocenters. The number of allylic oxidation sites excluding steroid dienone is 1. The molecule has 1 rings (SSSR count). The molecule has 0 aromatic rings. The number of rotatable bonds is 1. The molecule has 0 bridgehead atoms. The summed E-state index contributed by atoms with van der Waals surface area (Å²) in [7, 11) is 0. The maximum atomic E-state index is 11.1. The van der Waals surface area contributed by atoms with Crippen LogP contribution in [0.1, 0.15) is 26.2 Å². The van der Waals surface area contributed by atoms with E-state index >= 15 is 0 Å². The Morgan fingerprint density at radius 2 is 2.36 bits per heavy atom. The summed E-state index contributed by atoms with van der Waals surface area (Å²) in [5.41, 5.74) is 6.49. The lowest BCUT2D eigenvalue weighted by Crippen LogP contribution is -2.15. The largest absolute Gasteiger partial charge is 0.387 e. The van der Waals surface area contributed by atoms with Gasteiger partial charge in [-0.3, -0.25) is 4.79 Å². The molecule has 0 spiro atoms. The smallest absolute Gasteiger partial charge is 0.144 e. The minimum atomic E-state index is 0.164. The third-order valence-corrected chi connectivity index (χ3v) is 1.67. The van der Waals surface area contributed by atoms with Crippen LogP contribution < -0.4 is 5.73 Å². The van der Waals surface area contributed by atoms with E-state index in [0.29, 0.717) is 18.7 Å². The van der Waals surface area contributed by atoms with Gasteiger partial charge in [-0.2, -0.15) is 0 Å². The lowest BCUT2D eigenvalue weighted by atomic mass is 10.1. The second-order valence-electron chi connectivity index (χ2n) is 2.65. The van der Waals surface area contributed by atoms with E-state index in [4.69, 9.17) is 5.73 Å². The number of carbonyl (C=O) groups excluding carboxylic acids is 1. The van der Waals surface area contributed by atoms with Gasteiger partial charge in [0.15, 0.2) is 0 Å². The molecule has 0 saturated carbocycles. The summed E-state index contributed by atoms with van der Waals surface area (Å²) < 4.78 is 0. The van der Waals surface area contributed by atoms with Crippen molar-refractivity contribution in [2.24, 2.45) is 10.7 Å². The van der Waals surface area contributed by atoms with Crippen LogP contribution in [-0.2, 0) is 4.79 Å². The molecule has 3 nitrogen and oxygen atoms in total. The van der Waals surface area contributed by atoms with Crippen LogP contribution in [0, 0.1) is 0 Å². The zero-order valence-corrected chi connectivity index (χ0v) is 6.63. The van der Waals surface area contributed by atoms with Crippen LogP contribution >= 0.6 is 0 Å². The van der Waals surface area contributed by atoms with Crippen molar-refractivity contribution in [2.45, 2.75) is 26.2 Å². The maximum Gasteiger partial charge on any atom is 0.144 e. The molecular weight excluding hydrogens is 140 g/mol. The Kier molecular flexibility index (Phi) is 2.41. The van der Waals surface area contributed by atoms with Crippen molar-refractivity contribution in [2.75, 3.05) is 0 Å². The van der Waals surface area contributed by atoms with E-state index in [1.54, 1.807) is 6.20 Å². The Morgan fingerprint density at radius 3 is 3.00 bits per heavy atom. The first-order chi connectivity index (χ1) is 5.22. The van der Waals surface area contributed by atoms with Gasteiger partial charge in [0.05, 0.1) is 6.42 Å². The first-order valence-corrected chi connectivity index (χ1v) is 3.74. The van der Waals surface area contributed by atoms with Crippen LogP contribution in [0.15, 0.2) is 16.8 Å². The molecule has 3 heteroatoms. The fourth-order valence-corrected chi connectivity index (χ4v) is 1.000. The van der Waals surface area contributed by atoms with Gasteiger partial charge in [0, 0.05) is 12.6 Å². The molecule has 1 heterocycles. The van der Waals surface area contributed by atoms with Crippen molar-refractivity contribution in [3.63, 3.8) is 0 Å². The number of amidine groups is 1. The minimum Gasteiger partial charge on any atom is -0.387 e. The molecule has 0 unspecified atom stereocenters.